The van der Waals surface area contributed by atoms with E-state index in [1.165, 1.54) is 23.1 Å². The van der Waals surface area contributed by atoms with Crippen molar-refractivity contribution in [1.82, 2.24) is 4.72 Å². The Labute approximate surface area is 95.6 Å². The van der Waals surface area contributed by atoms with Gasteiger partial charge in [0.05, 0.1) is 0 Å². The molecule has 0 aliphatic carbocycles. The minimum absolute atomic E-state index is 0.103. The summed E-state index contributed by atoms with van der Waals surface area (Å²) in [5.74, 6) is 0. The van der Waals surface area contributed by atoms with E-state index in [0.717, 1.165) is 6.42 Å². The van der Waals surface area contributed by atoms with Gasteiger partial charge in [0.25, 0.3) is 0 Å². The van der Waals surface area contributed by atoms with Gasteiger partial charge in [-0.3, -0.25) is 9.52 Å². The summed E-state index contributed by atoms with van der Waals surface area (Å²) in [6.07, 6.45) is 0.951. The third kappa shape index (κ3) is 4.49. The molecule has 0 spiro atoms. The summed E-state index contributed by atoms with van der Waals surface area (Å²) in [4.78, 5) is 10.8. The Morgan fingerprint density at radius 1 is 1.47 bits per heavy atom. The predicted molar refractivity (Wildman–Crippen MR) is 65.8 cm³/mol. The highest BCUT2D eigenvalue weighted by atomic mass is 32.2. The third-order valence-electron chi connectivity index (χ3n) is 2.19. The highest BCUT2D eigenvalue weighted by Crippen LogP contribution is 2.10. The highest BCUT2D eigenvalue weighted by molar-refractivity contribution is 8.11. The van der Waals surface area contributed by atoms with Crippen molar-refractivity contribution in [2.24, 2.45) is 0 Å². The van der Waals surface area contributed by atoms with E-state index in [2.05, 4.69) is 30.7 Å². The Morgan fingerprint density at radius 2 is 2.13 bits per heavy atom. The molecule has 3 heteroatoms. The summed E-state index contributed by atoms with van der Waals surface area (Å²) in [5, 5.41) is 0.103. The molecule has 0 saturated carbocycles. The third-order valence-corrected chi connectivity index (χ3v) is 3.00. The zero-order valence-corrected chi connectivity index (χ0v) is 10.2. The summed E-state index contributed by atoms with van der Waals surface area (Å²) in [5.41, 5.74) is 2.64. The van der Waals surface area contributed by atoms with Crippen LogP contribution in [0, 0.1) is 6.92 Å². The van der Waals surface area contributed by atoms with Gasteiger partial charge in [-0.2, -0.15) is 0 Å². The lowest BCUT2D eigenvalue weighted by atomic mass is 10.0. The van der Waals surface area contributed by atoms with Gasteiger partial charge in [0.2, 0.25) is 5.12 Å². The molecular formula is C12H17NOS. The van der Waals surface area contributed by atoms with Crippen molar-refractivity contribution in [2.75, 3.05) is 0 Å². The van der Waals surface area contributed by atoms with Crippen molar-refractivity contribution in [2.45, 2.75) is 33.2 Å². The molecule has 1 unspecified atom stereocenters. The number of rotatable bonds is 4. The maximum Gasteiger partial charge on any atom is 0.200 e. The minimum Gasteiger partial charge on any atom is -0.286 e. The molecule has 0 aromatic heterocycles. The van der Waals surface area contributed by atoms with Crippen LogP contribution in [0.3, 0.4) is 0 Å². The van der Waals surface area contributed by atoms with Gasteiger partial charge >= 0.3 is 0 Å². The van der Waals surface area contributed by atoms with Gasteiger partial charge in [0.1, 0.15) is 0 Å². The molecule has 15 heavy (non-hydrogen) atoms. The van der Waals surface area contributed by atoms with Gasteiger partial charge in [0.15, 0.2) is 0 Å². The van der Waals surface area contributed by atoms with E-state index in [-0.39, 0.29) is 5.12 Å². The monoisotopic (exact) mass is 223 g/mol. The first-order valence-corrected chi connectivity index (χ1v) is 5.88. The van der Waals surface area contributed by atoms with Crippen LogP contribution in [0.15, 0.2) is 24.3 Å². The quantitative estimate of drug-likeness (QED) is 0.796. The lowest BCUT2D eigenvalue weighted by Gasteiger charge is -2.13. The maximum absolute atomic E-state index is 10.8. The van der Waals surface area contributed by atoms with Crippen molar-refractivity contribution in [3.05, 3.63) is 35.4 Å². The molecule has 1 atom stereocenters. The van der Waals surface area contributed by atoms with Crippen LogP contribution >= 0.6 is 11.9 Å². The number of benzene rings is 1. The van der Waals surface area contributed by atoms with Crippen LogP contribution in [0.5, 0.6) is 0 Å². The molecule has 1 N–H and O–H groups in total. The second-order valence-electron chi connectivity index (χ2n) is 3.74. The molecule has 0 heterocycles. The summed E-state index contributed by atoms with van der Waals surface area (Å²) < 4.78 is 3.12. The molecule has 0 aliphatic rings. The molecule has 0 amide bonds. The van der Waals surface area contributed by atoms with Crippen molar-refractivity contribution in [1.29, 1.82) is 0 Å². The van der Waals surface area contributed by atoms with Crippen LogP contribution in [0.2, 0.25) is 0 Å². The van der Waals surface area contributed by atoms with Crippen LogP contribution in [0.1, 0.15) is 25.0 Å². The Balaban J connectivity index is 2.47. The summed E-state index contributed by atoms with van der Waals surface area (Å²) >= 11 is 1.18. The van der Waals surface area contributed by atoms with Crippen molar-refractivity contribution in [3.8, 4) is 0 Å². The lowest BCUT2D eigenvalue weighted by molar-refractivity contribution is -0.109. The first kappa shape index (κ1) is 12.3. The molecule has 2 nitrogen and oxygen atoms in total. The van der Waals surface area contributed by atoms with E-state index in [9.17, 15) is 4.79 Å². The number of hydrogen-bond acceptors (Lipinski definition) is 3. The fraction of sp³-hybridized carbons (Fsp3) is 0.417. The fourth-order valence-electron chi connectivity index (χ4n) is 1.39. The van der Waals surface area contributed by atoms with Crippen molar-refractivity contribution in [3.63, 3.8) is 0 Å². The molecule has 1 rings (SSSR count). The summed E-state index contributed by atoms with van der Waals surface area (Å²) in [6, 6.07) is 8.64. The zero-order chi connectivity index (χ0) is 11.3. The Morgan fingerprint density at radius 3 is 2.73 bits per heavy atom. The lowest BCUT2D eigenvalue weighted by Crippen LogP contribution is -2.23. The van der Waals surface area contributed by atoms with E-state index < -0.39 is 0 Å². The van der Waals surface area contributed by atoms with E-state index in [4.69, 9.17) is 0 Å². The van der Waals surface area contributed by atoms with E-state index in [1.807, 2.05) is 12.1 Å². The van der Waals surface area contributed by atoms with Crippen LogP contribution in [0.4, 0.5) is 0 Å². The predicted octanol–water partition coefficient (Wildman–Crippen LogP) is 2.71. The SMILES string of the molecule is CC(=O)SNC(C)Cc1ccccc1C. The largest absolute Gasteiger partial charge is 0.286 e. The average molecular weight is 223 g/mol. The number of carbonyl (C=O) groups excluding carboxylic acids is 1. The Bertz CT molecular complexity index is 338. The second-order valence-corrected chi connectivity index (χ2v) is 4.76. The number of hydrogen-bond donors (Lipinski definition) is 1. The van der Waals surface area contributed by atoms with Gasteiger partial charge < -0.3 is 0 Å². The molecule has 0 aliphatic heterocycles. The van der Waals surface area contributed by atoms with Crippen LogP contribution < -0.4 is 4.72 Å². The van der Waals surface area contributed by atoms with Gasteiger partial charge in [-0.1, -0.05) is 24.3 Å². The van der Waals surface area contributed by atoms with Crippen LogP contribution in [0.25, 0.3) is 0 Å². The number of aryl methyl sites for hydroxylation is 1. The summed E-state index contributed by atoms with van der Waals surface area (Å²) in [7, 11) is 0. The molecule has 1 aromatic rings. The first-order chi connectivity index (χ1) is 7.09. The minimum atomic E-state index is 0.103. The smallest absolute Gasteiger partial charge is 0.200 e. The van der Waals surface area contributed by atoms with Gasteiger partial charge in [0, 0.05) is 13.0 Å². The van der Waals surface area contributed by atoms with Crippen molar-refractivity contribution < 1.29 is 4.79 Å². The number of carbonyl (C=O) groups is 1. The van der Waals surface area contributed by atoms with Gasteiger partial charge in [-0.25, -0.2) is 0 Å². The topological polar surface area (TPSA) is 29.1 Å². The molecule has 0 bridgehead atoms. The molecule has 0 radical (unpaired) electrons. The van der Waals surface area contributed by atoms with Crippen LogP contribution in [-0.2, 0) is 11.2 Å². The molecule has 0 fully saturated rings. The maximum atomic E-state index is 10.8. The van der Waals surface area contributed by atoms with Crippen molar-refractivity contribution >= 4 is 17.1 Å². The summed E-state index contributed by atoms with van der Waals surface area (Å²) in [6.45, 7) is 5.76. The first-order valence-electron chi connectivity index (χ1n) is 5.07. The zero-order valence-electron chi connectivity index (χ0n) is 9.41. The Kier molecular flexibility index (Phi) is 4.85. The molecule has 1 aromatic carbocycles. The van der Waals surface area contributed by atoms with E-state index >= 15 is 0 Å². The molecular weight excluding hydrogens is 206 g/mol. The van der Waals surface area contributed by atoms with Crippen LogP contribution in [-0.4, -0.2) is 11.2 Å². The standard InChI is InChI=1S/C12H17NOS/c1-9-6-4-5-7-12(9)8-10(2)13-15-11(3)14/h4-7,10,13H,8H2,1-3H3. The molecule has 82 valence electrons. The molecule has 0 saturated heterocycles. The average Bonchev–Trinajstić information content (AvgIpc) is 2.18. The van der Waals surface area contributed by atoms with E-state index in [1.54, 1.807) is 6.92 Å². The normalized spacial score (nSPS) is 12.5. The van der Waals surface area contributed by atoms with Gasteiger partial charge in [-0.15, -0.1) is 0 Å². The fourth-order valence-corrected chi connectivity index (χ4v) is 1.84. The highest BCUT2D eigenvalue weighted by Gasteiger charge is 2.05. The second kappa shape index (κ2) is 5.93. The Hall–Kier alpha value is -0.800. The van der Waals surface area contributed by atoms with E-state index in [0.29, 0.717) is 6.04 Å². The van der Waals surface area contributed by atoms with Gasteiger partial charge in [-0.05, 0) is 43.3 Å². The number of nitrogens with one attached hydrogen (secondary N) is 1.